The minimum atomic E-state index is 0.425. The summed E-state index contributed by atoms with van der Waals surface area (Å²) in [6.07, 6.45) is 6.30. The average Bonchev–Trinajstić information content (AvgIpc) is 2.21. The molecule has 0 atom stereocenters. The van der Waals surface area contributed by atoms with Gasteiger partial charge in [0.25, 0.3) is 0 Å². The van der Waals surface area contributed by atoms with Gasteiger partial charge in [-0.15, -0.1) is 0 Å². The topological polar surface area (TPSA) is 20.2 Å². The van der Waals surface area contributed by atoms with Crippen molar-refractivity contribution in [1.29, 1.82) is 0 Å². The highest BCUT2D eigenvalue weighted by Crippen LogP contribution is 2.27. The Labute approximate surface area is 119 Å². The fraction of sp³-hybridized carbons (Fsp3) is 0.500. The highest BCUT2D eigenvalue weighted by molar-refractivity contribution is 14.1. The monoisotopic (exact) mass is 430 g/mol. The number of phenols is 1. The second-order valence-electron chi connectivity index (χ2n) is 3.72. The molecule has 0 fully saturated rings. The Morgan fingerprint density at radius 3 is 2.20 bits per heavy atom. The Hall–Kier alpha value is 0.480. The first-order valence-corrected chi connectivity index (χ1v) is 7.47. The number of hydrogen-bond acceptors (Lipinski definition) is 1. The van der Waals surface area contributed by atoms with Crippen LogP contribution in [0.15, 0.2) is 12.1 Å². The molecular weight excluding hydrogens is 414 g/mol. The van der Waals surface area contributed by atoms with E-state index in [4.69, 9.17) is 0 Å². The summed E-state index contributed by atoms with van der Waals surface area (Å²) in [6, 6.07) is 4.17. The number of unbranched alkanes of at least 4 members (excludes halogenated alkanes) is 3. The summed E-state index contributed by atoms with van der Waals surface area (Å²) in [5, 5.41) is 9.63. The van der Waals surface area contributed by atoms with Crippen LogP contribution in [-0.2, 0) is 6.42 Å². The number of rotatable bonds is 5. The van der Waals surface area contributed by atoms with Gasteiger partial charge in [-0.3, -0.25) is 0 Å². The zero-order valence-electron chi connectivity index (χ0n) is 8.89. The molecule has 1 aromatic carbocycles. The summed E-state index contributed by atoms with van der Waals surface area (Å²) in [7, 11) is 0. The fourth-order valence-corrected chi connectivity index (χ4v) is 3.42. The highest BCUT2D eigenvalue weighted by atomic mass is 127. The first-order chi connectivity index (χ1) is 7.15. The predicted octanol–water partition coefficient (Wildman–Crippen LogP) is 4.72. The van der Waals surface area contributed by atoms with Gasteiger partial charge in [0.2, 0.25) is 0 Å². The molecule has 15 heavy (non-hydrogen) atoms. The van der Waals surface area contributed by atoms with Gasteiger partial charge in [0.15, 0.2) is 0 Å². The molecule has 0 saturated heterocycles. The largest absolute Gasteiger partial charge is 0.506 e. The maximum atomic E-state index is 9.63. The van der Waals surface area contributed by atoms with Crippen LogP contribution >= 0.6 is 45.2 Å². The van der Waals surface area contributed by atoms with E-state index in [1.807, 2.05) is 0 Å². The van der Waals surface area contributed by atoms with Crippen molar-refractivity contribution in [3.63, 3.8) is 0 Å². The Kier molecular flexibility index (Phi) is 6.26. The van der Waals surface area contributed by atoms with Crippen LogP contribution in [0.3, 0.4) is 0 Å². The van der Waals surface area contributed by atoms with E-state index in [9.17, 15) is 5.11 Å². The summed E-state index contributed by atoms with van der Waals surface area (Å²) >= 11 is 4.38. The predicted molar refractivity (Wildman–Crippen MR) is 81.4 cm³/mol. The summed E-state index contributed by atoms with van der Waals surface area (Å²) in [5.41, 5.74) is 1.35. The van der Waals surface area contributed by atoms with Crippen LogP contribution in [0.4, 0.5) is 0 Å². The third-order valence-electron chi connectivity index (χ3n) is 2.40. The van der Waals surface area contributed by atoms with E-state index < -0.39 is 0 Å². The van der Waals surface area contributed by atoms with Gasteiger partial charge >= 0.3 is 0 Å². The molecule has 0 aromatic heterocycles. The second-order valence-corrected chi connectivity index (χ2v) is 6.04. The third-order valence-corrected chi connectivity index (χ3v) is 4.04. The van der Waals surface area contributed by atoms with Gasteiger partial charge in [-0.25, -0.2) is 0 Å². The summed E-state index contributed by atoms with van der Waals surface area (Å²) in [4.78, 5) is 0. The number of phenolic OH excluding ortho intramolecular Hbond substituents is 1. The molecule has 1 aromatic rings. The van der Waals surface area contributed by atoms with Crippen molar-refractivity contribution in [2.45, 2.75) is 39.0 Å². The fourth-order valence-electron chi connectivity index (χ4n) is 1.52. The zero-order valence-corrected chi connectivity index (χ0v) is 13.2. The van der Waals surface area contributed by atoms with E-state index in [0.29, 0.717) is 5.75 Å². The van der Waals surface area contributed by atoms with Crippen molar-refractivity contribution in [3.05, 3.63) is 24.8 Å². The summed E-state index contributed by atoms with van der Waals surface area (Å²) < 4.78 is 1.93. The summed E-state index contributed by atoms with van der Waals surface area (Å²) in [5.74, 6) is 0.425. The molecule has 0 aliphatic carbocycles. The van der Waals surface area contributed by atoms with Crippen LogP contribution in [0.25, 0.3) is 0 Å². The maximum absolute atomic E-state index is 9.63. The lowest BCUT2D eigenvalue weighted by Crippen LogP contribution is -1.89. The molecule has 1 N–H and O–H groups in total. The lowest BCUT2D eigenvalue weighted by atomic mass is 10.1. The van der Waals surface area contributed by atoms with Crippen molar-refractivity contribution in [2.75, 3.05) is 0 Å². The molecule has 0 amide bonds. The Morgan fingerprint density at radius 1 is 1.07 bits per heavy atom. The van der Waals surface area contributed by atoms with E-state index in [1.54, 1.807) is 0 Å². The normalized spacial score (nSPS) is 10.6. The van der Waals surface area contributed by atoms with Crippen molar-refractivity contribution in [2.24, 2.45) is 0 Å². The Bertz CT molecular complexity index is 300. The minimum Gasteiger partial charge on any atom is -0.506 e. The van der Waals surface area contributed by atoms with Crippen molar-refractivity contribution in [1.82, 2.24) is 0 Å². The SMILES string of the molecule is CCCCCCc1cc(I)c(O)c(I)c1. The second kappa shape index (κ2) is 6.93. The molecule has 1 rings (SSSR count). The Balaban J connectivity index is 2.55. The molecule has 84 valence electrons. The van der Waals surface area contributed by atoms with Crippen LogP contribution in [0, 0.1) is 7.14 Å². The molecule has 0 radical (unpaired) electrons. The highest BCUT2D eigenvalue weighted by Gasteiger charge is 2.05. The molecular formula is C12H16I2O. The van der Waals surface area contributed by atoms with Gasteiger partial charge in [-0.1, -0.05) is 26.2 Å². The molecule has 0 spiro atoms. The molecule has 3 heteroatoms. The third kappa shape index (κ3) is 4.46. The minimum absolute atomic E-state index is 0.425. The standard InChI is InChI=1S/C12H16I2O/c1-2-3-4-5-6-9-7-10(13)12(15)11(14)8-9/h7-8,15H,2-6H2,1H3. The van der Waals surface area contributed by atoms with E-state index in [1.165, 1.54) is 31.2 Å². The van der Waals surface area contributed by atoms with E-state index >= 15 is 0 Å². The van der Waals surface area contributed by atoms with Crippen LogP contribution in [0.2, 0.25) is 0 Å². The number of aromatic hydroxyl groups is 1. The van der Waals surface area contributed by atoms with Gasteiger partial charge in [0.05, 0.1) is 7.14 Å². The van der Waals surface area contributed by atoms with Crippen LogP contribution < -0.4 is 0 Å². The zero-order chi connectivity index (χ0) is 11.3. The smallest absolute Gasteiger partial charge is 0.142 e. The van der Waals surface area contributed by atoms with Crippen LogP contribution in [0.5, 0.6) is 5.75 Å². The molecule has 0 aliphatic rings. The first kappa shape index (κ1) is 13.5. The number of aryl methyl sites for hydroxylation is 1. The molecule has 1 nitrogen and oxygen atoms in total. The van der Waals surface area contributed by atoms with Gasteiger partial charge < -0.3 is 5.11 Å². The van der Waals surface area contributed by atoms with Crippen LogP contribution in [0.1, 0.15) is 38.2 Å². The summed E-state index contributed by atoms with van der Waals surface area (Å²) in [6.45, 7) is 2.23. The van der Waals surface area contributed by atoms with E-state index in [-0.39, 0.29) is 0 Å². The van der Waals surface area contributed by atoms with Crippen molar-refractivity contribution >= 4 is 45.2 Å². The van der Waals surface area contributed by atoms with Gasteiger partial charge in [0, 0.05) is 0 Å². The Morgan fingerprint density at radius 2 is 1.67 bits per heavy atom. The lowest BCUT2D eigenvalue weighted by molar-refractivity contribution is 0.467. The number of halogens is 2. The van der Waals surface area contributed by atoms with E-state index in [2.05, 4.69) is 64.2 Å². The number of benzene rings is 1. The number of hydrogen-bond donors (Lipinski definition) is 1. The molecule has 0 unspecified atom stereocenters. The molecule has 0 aliphatic heterocycles. The van der Waals surface area contributed by atoms with Crippen LogP contribution in [-0.4, -0.2) is 5.11 Å². The molecule has 0 bridgehead atoms. The van der Waals surface area contributed by atoms with E-state index in [0.717, 1.165) is 13.6 Å². The van der Waals surface area contributed by atoms with Gasteiger partial charge in [0.1, 0.15) is 5.75 Å². The molecule has 0 heterocycles. The van der Waals surface area contributed by atoms with Crippen molar-refractivity contribution < 1.29 is 5.11 Å². The quantitative estimate of drug-likeness (QED) is 0.530. The van der Waals surface area contributed by atoms with Gasteiger partial charge in [-0.05, 0) is 75.7 Å². The lowest BCUT2D eigenvalue weighted by Gasteiger charge is -2.05. The first-order valence-electron chi connectivity index (χ1n) is 5.32. The van der Waals surface area contributed by atoms with Gasteiger partial charge in [-0.2, -0.15) is 0 Å². The van der Waals surface area contributed by atoms with Crippen molar-refractivity contribution in [3.8, 4) is 5.75 Å². The molecule has 0 saturated carbocycles. The average molecular weight is 430 g/mol. The maximum Gasteiger partial charge on any atom is 0.142 e.